The molecule has 1 aromatic heterocycles. The quantitative estimate of drug-likeness (QED) is 0.822. The summed E-state index contributed by atoms with van der Waals surface area (Å²) in [5.41, 5.74) is 5.96. The number of aromatic nitrogens is 1. The molecule has 1 aromatic rings. The lowest BCUT2D eigenvalue weighted by atomic mass is 10.3. The number of carbonyl (C=O) groups excluding carboxylic acids is 1. The number of nitrogens with two attached hydrogens (primary N) is 1. The number of halogens is 1. The molecule has 0 saturated carbocycles. The van der Waals surface area contributed by atoms with Crippen LogP contribution < -0.4 is 5.73 Å². The van der Waals surface area contributed by atoms with Gasteiger partial charge >= 0.3 is 0 Å². The zero-order valence-electron chi connectivity index (χ0n) is 13.5. The molecule has 1 saturated heterocycles. The minimum Gasteiger partial charge on any atom is -0.360 e. The van der Waals surface area contributed by atoms with Crippen molar-refractivity contribution in [3.63, 3.8) is 0 Å². The first-order valence-electron chi connectivity index (χ1n) is 7.22. The molecule has 23 heavy (non-hydrogen) atoms. The third-order valence-electron chi connectivity index (χ3n) is 3.72. The smallest absolute Gasteiger partial charge is 0.248 e. The fourth-order valence-electron chi connectivity index (χ4n) is 2.61. The summed E-state index contributed by atoms with van der Waals surface area (Å²) in [5.74, 6) is 0.127. The number of carbonyl (C=O) groups is 1. The van der Waals surface area contributed by atoms with Gasteiger partial charge < -0.3 is 15.2 Å². The average Bonchev–Trinajstić information content (AvgIpc) is 2.67. The number of sulfonamides is 1. The van der Waals surface area contributed by atoms with Gasteiger partial charge in [-0.15, -0.1) is 12.4 Å². The van der Waals surface area contributed by atoms with Crippen LogP contribution in [0, 0.1) is 13.8 Å². The topological polar surface area (TPSA) is 110 Å². The van der Waals surface area contributed by atoms with Gasteiger partial charge in [0.15, 0.2) is 5.76 Å². The lowest BCUT2D eigenvalue weighted by molar-refractivity contribution is -0.132. The molecule has 2 rings (SSSR count). The van der Waals surface area contributed by atoms with Crippen molar-refractivity contribution in [3.8, 4) is 0 Å². The van der Waals surface area contributed by atoms with Crippen LogP contribution in [0.15, 0.2) is 9.42 Å². The van der Waals surface area contributed by atoms with Gasteiger partial charge in [-0.3, -0.25) is 4.79 Å². The van der Waals surface area contributed by atoms with Gasteiger partial charge in [0.05, 0.1) is 6.04 Å². The number of hydrogen-bond acceptors (Lipinski definition) is 6. The second-order valence-electron chi connectivity index (χ2n) is 5.52. The first-order valence-corrected chi connectivity index (χ1v) is 8.66. The van der Waals surface area contributed by atoms with Crippen LogP contribution in [0.2, 0.25) is 0 Å². The number of rotatable bonds is 3. The monoisotopic (exact) mass is 366 g/mol. The molecule has 1 aliphatic rings. The molecule has 0 aromatic carbocycles. The number of hydrogen-bond donors (Lipinski definition) is 1. The molecule has 132 valence electrons. The van der Waals surface area contributed by atoms with E-state index in [4.69, 9.17) is 10.3 Å². The van der Waals surface area contributed by atoms with Crippen LogP contribution in [0.5, 0.6) is 0 Å². The van der Waals surface area contributed by atoms with E-state index in [1.165, 1.54) is 4.31 Å². The largest absolute Gasteiger partial charge is 0.360 e. The molecule has 10 heteroatoms. The van der Waals surface area contributed by atoms with Crippen LogP contribution in [-0.4, -0.2) is 60.9 Å². The highest BCUT2D eigenvalue weighted by Gasteiger charge is 2.33. The summed E-state index contributed by atoms with van der Waals surface area (Å²) in [6.07, 6.45) is 0.571. The van der Waals surface area contributed by atoms with Gasteiger partial charge in [0.1, 0.15) is 10.6 Å². The summed E-state index contributed by atoms with van der Waals surface area (Å²) in [4.78, 5) is 13.7. The summed E-state index contributed by atoms with van der Waals surface area (Å²) in [6.45, 7) is 6.26. The summed E-state index contributed by atoms with van der Waals surface area (Å²) < 4.78 is 31.8. The van der Waals surface area contributed by atoms with E-state index in [2.05, 4.69) is 5.16 Å². The average molecular weight is 367 g/mol. The van der Waals surface area contributed by atoms with Gasteiger partial charge in [0, 0.05) is 26.2 Å². The van der Waals surface area contributed by atoms with E-state index in [9.17, 15) is 13.2 Å². The van der Waals surface area contributed by atoms with Crippen molar-refractivity contribution >= 4 is 28.3 Å². The zero-order valence-corrected chi connectivity index (χ0v) is 15.1. The van der Waals surface area contributed by atoms with Crippen molar-refractivity contribution in [2.45, 2.75) is 38.1 Å². The van der Waals surface area contributed by atoms with Crippen LogP contribution in [0.4, 0.5) is 0 Å². The molecule has 1 amide bonds. The first-order chi connectivity index (χ1) is 10.2. The Kier molecular flexibility index (Phi) is 6.58. The van der Waals surface area contributed by atoms with Crippen molar-refractivity contribution in [2.75, 3.05) is 26.2 Å². The molecule has 1 atom stereocenters. The lowest BCUT2D eigenvalue weighted by Crippen LogP contribution is -2.44. The van der Waals surface area contributed by atoms with E-state index >= 15 is 0 Å². The Morgan fingerprint density at radius 3 is 2.43 bits per heavy atom. The third kappa shape index (κ3) is 4.03. The van der Waals surface area contributed by atoms with E-state index < -0.39 is 16.1 Å². The van der Waals surface area contributed by atoms with Crippen LogP contribution in [0.25, 0.3) is 0 Å². The molecule has 0 aliphatic carbocycles. The Bertz CT molecular complexity index is 639. The highest BCUT2D eigenvalue weighted by molar-refractivity contribution is 7.89. The molecular weight excluding hydrogens is 344 g/mol. The van der Waals surface area contributed by atoms with E-state index in [1.54, 1.807) is 25.7 Å². The Hall–Kier alpha value is -1.16. The highest BCUT2D eigenvalue weighted by atomic mass is 35.5. The van der Waals surface area contributed by atoms with Crippen molar-refractivity contribution in [1.29, 1.82) is 0 Å². The lowest BCUT2D eigenvalue weighted by Gasteiger charge is -2.23. The minimum absolute atomic E-state index is 0. The molecule has 2 N–H and O–H groups in total. The van der Waals surface area contributed by atoms with E-state index in [0.29, 0.717) is 31.7 Å². The first kappa shape index (κ1) is 19.9. The predicted octanol–water partition coefficient (Wildman–Crippen LogP) is 0.283. The molecule has 1 fully saturated rings. The van der Waals surface area contributed by atoms with Crippen LogP contribution in [0.1, 0.15) is 24.8 Å². The maximum absolute atomic E-state index is 12.8. The van der Waals surface area contributed by atoms with E-state index in [0.717, 1.165) is 0 Å². The van der Waals surface area contributed by atoms with Crippen LogP contribution in [-0.2, 0) is 14.8 Å². The number of aryl methyl sites for hydroxylation is 2. The summed E-state index contributed by atoms with van der Waals surface area (Å²) in [7, 11) is -3.66. The normalized spacial score (nSPS) is 18.2. The van der Waals surface area contributed by atoms with Gasteiger partial charge in [-0.25, -0.2) is 8.42 Å². The maximum Gasteiger partial charge on any atom is 0.248 e. The Balaban J connectivity index is 0.00000264. The van der Waals surface area contributed by atoms with Gasteiger partial charge in [-0.05, 0) is 27.2 Å². The molecular formula is C13H23ClN4O4S. The summed E-state index contributed by atoms with van der Waals surface area (Å²) >= 11 is 0. The second-order valence-corrected chi connectivity index (χ2v) is 7.40. The molecule has 1 aliphatic heterocycles. The third-order valence-corrected chi connectivity index (χ3v) is 5.87. The molecule has 0 spiro atoms. The zero-order chi connectivity index (χ0) is 16.5. The SMILES string of the molecule is Cc1noc(C)c1S(=O)(=O)N1CCCN(C(=O)[C@@H](C)N)CC1.Cl. The number of amides is 1. The maximum atomic E-state index is 12.8. The van der Waals surface area contributed by atoms with E-state index in [1.807, 2.05) is 0 Å². The Labute approximate surface area is 142 Å². The van der Waals surface area contributed by atoms with Gasteiger partial charge in [-0.1, -0.05) is 5.16 Å². The van der Waals surface area contributed by atoms with Crippen molar-refractivity contribution < 1.29 is 17.7 Å². The predicted molar refractivity (Wildman–Crippen MR) is 86.8 cm³/mol. The van der Waals surface area contributed by atoms with E-state index in [-0.39, 0.29) is 35.5 Å². The number of nitrogens with zero attached hydrogens (tertiary/aromatic N) is 3. The van der Waals surface area contributed by atoms with Crippen LogP contribution in [0.3, 0.4) is 0 Å². The fraction of sp³-hybridized carbons (Fsp3) is 0.692. The van der Waals surface area contributed by atoms with Gasteiger partial charge in [0.25, 0.3) is 0 Å². The molecule has 8 nitrogen and oxygen atoms in total. The molecule has 0 radical (unpaired) electrons. The Morgan fingerprint density at radius 1 is 1.26 bits per heavy atom. The van der Waals surface area contributed by atoms with Gasteiger partial charge in [0.2, 0.25) is 15.9 Å². The van der Waals surface area contributed by atoms with Crippen LogP contribution >= 0.6 is 12.4 Å². The summed E-state index contributed by atoms with van der Waals surface area (Å²) in [6, 6.07) is -0.578. The second kappa shape index (κ2) is 7.61. The molecule has 2 heterocycles. The van der Waals surface area contributed by atoms with Crippen molar-refractivity contribution in [2.24, 2.45) is 5.73 Å². The molecule has 0 bridgehead atoms. The highest BCUT2D eigenvalue weighted by Crippen LogP contribution is 2.24. The van der Waals surface area contributed by atoms with Crippen molar-refractivity contribution in [3.05, 3.63) is 11.5 Å². The fourth-order valence-corrected chi connectivity index (χ4v) is 4.38. The standard InChI is InChI=1S/C13H22N4O4S.ClH/c1-9(14)13(18)16-5-4-6-17(8-7-16)22(19,20)12-10(2)15-21-11(12)3;/h9H,4-8,14H2,1-3H3;1H/t9-;/m1./s1. The molecule has 0 unspecified atom stereocenters. The summed E-state index contributed by atoms with van der Waals surface area (Å²) in [5, 5.41) is 3.71. The van der Waals surface area contributed by atoms with Crippen molar-refractivity contribution in [1.82, 2.24) is 14.4 Å². The van der Waals surface area contributed by atoms with Gasteiger partial charge in [-0.2, -0.15) is 4.31 Å². The Morgan fingerprint density at radius 2 is 1.91 bits per heavy atom. The minimum atomic E-state index is -3.66.